The molecule has 156 valence electrons. The minimum Gasteiger partial charge on any atom is -0.497 e. The predicted octanol–water partition coefficient (Wildman–Crippen LogP) is 4.79. The van der Waals surface area contributed by atoms with Crippen LogP contribution in [0.5, 0.6) is 5.75 Å². The third-order valence-corrected chi connectivity index (χ3v) is 5.48. The Morgan fingerprint density at radius 3 is 2.67 bits per heavy atom. The van der Waals surface area contributed by atoms with Crippen LogP contribution in [0.4, 0.5) is 16.6 Å². The molecule has 1 aromatic heterocycles. The Kier molecular flexibility index (Phi) is 5.44. The lowest BCUT2D eigenvalue weighted by molar-refractivity contribution is 0.177. The van der Waals surface area contributed by atoms with Crippen LogP contribution in [-0.4, -0.2) is 35.8 Å². The molecule has 4 rings (SSSR count). The van der Waals surface area contributed by atoms with Crippen LogP contribution in [0.15, 0.2) is 48.7 Å². The minimum atomic E-state index is -0.364. The van der Waals surface area contributed by atoms with Gasteiger partial charge in [-0.1, -0.05) is 32.0 Å². The Bertz CT molecular complexity index is 1070. The van der Waals surface area contributed by atoms with Gasteiger partial charge in [-0.05, 0) is 53.4 Å². The number of ether oxygens (including phenoxy) is 2. The first kappa shape index (κ1) is 19.9. The maximum Gasteiger partial charge on any atom is 0.415 e. The van der Waals surface area contributed by atoms with Gasteiger partial charge in [0, 0.05) is 6.20 Å². The van der Waals surface area contributed by atoms with E-state index in [4.69, 9.17) is 9.47 Å². The maximum absolute atomic E-state index is 12.2. The second kappa shape index (κ2) is 8.18. The summed E-state index contributed by atoms with van der Waals surface area (Å²) in [5, 5.41) is 5.60. The Morgan fingerprint density at radius 1 is 1.13 bits per heavy atom. The summed E-state index contributed by atoms with van der Waals surface area (Å²) in [5.74, 6) is 2.12. The molecule has 3 aromatic rings. The van der Waals surface area contributed by atoms with Gasteiger partial charge in [0.1, 0.15) is 18.2 Å². The fourth-order valence-electron chi connectivity index (χ4n) is 3.66. The number of rotatable bonds is 6. The van der Waals surface area contributed by atoms with E-state index in [1.165, 1.54) is 0 Å². The normalized spacial score (nSPS) is 17.3. The van der Waals surface area contributed by atoms with Gasteiger partial charge >= 0.3 is 6.09 Å². The molecule has 1 aliphatic rings. The van der Waals surface area contributed by atoms with Crippen LogP contribution in [-0.2, 0) is 4.74 Å². The Morgan fingerprint density at radius 2 is 1.90 bits per heavy atom. The number of amides is 1. The largest absolute Gasteiger partial charge is 0.497 e. The standard InChI is InChI=1S/C23H26N4O3/c1-14(2)20-13-30-23(28)27(20)21-9-10-24-22(26-21)25-15(3)16-5-6-18-12-19(29-4)8-7-17(18)11-16/h5-12,14-15,20H,13H2,1-4H3,(H,24,25,26). The molecule has 0 saturated carbocycles. The zero-order valence-corrected chi connectivity index (χ0v) is 17.6. The lowest BCUT2D eigenvalue weighted by Crippen LogP contribution is -2.37. The first-order valence-electron chi connectivity index (χ1n) is 10.1. The molecular formula is C23H26N4O3. The van der Waals surface area contributed by atoms with Crippen LogP contribution < -0.4 is 15.0 Å². The van der Waals surface area contributed by atoms with Gasteiger partial charge in [-0.2, -0.15) is 4.98 Å². The average Bonchev–Trinajstić information content (AvgIpc) is 3.15. The van der Waals surface area contributed by atoms with Gasteiger partial charge in [0.15, 0.2) is 0 Å². The Labute approximate surface area is 176 Å². The number of fused-ring (bicyclic) bond motifs is 1. The quantitative estimate of drug-likeness (QED) is 0.634. The molecular weight excluding hydrogens is 380 g/mol. The highest BCUT2D eigenvalue weighted by Crippen LogP contribution is 2.28. The minimum absolute atomic E-state index is 0.0156. The van der Waals surface area contributed by atoms with Gasteiger partial charge in [0.25, 0.3) is 0 Å². The molecule has 0 radical (unpaired) electrons. The van der Waals surface area contributed by atoms with E-state index in [0.29, 0.717) is 18.4 Å². The number of nitrogens with one attached hydrogen (secondary N) is 1. The molecule has 7 nitrogen and oxygen atoms in total. The van der Waals surface area contributed by atoms with Crippen molar-refractivity contribution in [3.63, 3.8) is 0 Å². The van der Waals surface area contributed by atoms with E-state index in [0.717, 1.165) is 22.1 Å². The van der Waals surface area contributed by atoms with Crippen LogP contribution >= 0.6 is 0 Å². The Hall–Kier alpha value is -3.35. The molecule has 2 aromatic carbocycles. The first-order chi connectivity index (χ1) is 14.5. The first-order valence-corrected chi connectivity index (χ1v) is 10.1. The summed E-state index contributed by atoms with van der Waals surface area (Å²) in [5.41, 5.74) is 1.11. The number of benzene rings is 2. The van der Waals surface area contributed by atoms with Crippen LogP contribution in [0, 0.1) is 5.92 Å². The second-order valence-electron chi connectivity index (χ2n) is 7.84. The number of nitrogens with zero attached hydrogens (tertiary/aromatic N) is 3. The number of methoxy groups -OCH3 is 1. The van der Waals surface area contributed by atoms with Crippen molar-refractivity contribution in [2.45, 2.75) is 32.9 Å². The fourth-order valence-corrected chi connectivity index (χ4v) is 3.66. The fraction of sp³-hybridized carbons (Fsp3) is 0.348. The smallest absolute Gasteiger partial charge is 0.415 e. The predicted molar refractivity (Wildman–Crippen MR) is 117 cm³/mol. The summed E-state index contributed by atoms with van der Waals surface area (Å²) < 4.78 is 10.5. The zero-order chi connectivity index (χ0) is 21.3. The van der Waals surface area contributed by atoms with E-state index in [1.54, 1.807) is 24.3 Å². The van der Waals surface area contributed by atoms with E-state index in [-0.39, 0.29) is 24.1 Å². The number of carbonyl (C=O) groups excluding carboxylic acids is 1. The van der Waals surface area contributed by atoms with Crippen LogP contribution in [0.3, 0.4) is 0 Å². The van der Waals surface area contributed by atoms with Gasteiger partial charge < -0.3 is 14.8 Å². The van der Waals surface area contributed by atoms with E-state index in [1.807, 2.05) is 18.2 Å². The summed E-state index contributed by atoms with van der Waals surface area (Å²) in [6, 6.07) is 14.0. The molecule has 7 heteroatoms. The van der Waals surface area contributed by atoms with Crippen molar-refractivity contribution >= 4 is 28.6 Å². The highest BCUT2D eigenvalue weighted by Gasteiger charge is 2.37. The van der Waals surface area contributed by atoms with Gasteiger partial charge in [0.2, 0.25) is 5.95 Å². The topological polar surface area (TPSA) is 76.6 Å². The summed E-state index contributed by atoms with van der Waals surface area (Å²) in [6.45, 7) is 6.57. The Balaban J connectivity index is 1.55. The number of anilines is 2. The van der Waals surface area contributed by atoms with Crippen LogP contribution in [0.25, 0.3) is 10.8 Å². The van der Waals surface area contributed by atoms with Crippen molar-refractivity contribution in [3.05, 3.63) is 54.2 Å². The van der Waals surface area contributed by atoms with Crippen LogP contribution in [0.1, 0.15) is 32.4 Å². The zero-order valence-electron chi connectivity index (χ0n) is 17.6. The van der Waals surface area contributed by atoms with Crippen molar-refractivity contribution in [1.29, 1.82) is 0 Å². The van der Waals surface area contributed by atoms with E-state index < -0.39 is 0 Å². The number of aromatic nitrogens is 2. The third-order valence-electron chi connectivity index (χ3n) is 5.48. The van der Waals surface area contributed by atoms with Crippen molar-refractivity contribution < 1.29 is 14.3 Å². The molecule has 1 amide bonds. The third kappa shape index (κ3) is 3.87. The molecule has 1 saturated heterocycles. The lowest BCUT2D eigenvalue weighted by atomic mass is 10.0. The number of cyclic esters (lactones) is 1. The van der Waals surface area contributed by atoms with Gasteiger partial charge in [-0.25, -0.2) is 9.78 Å². The lowest BCUT2D eigenvalue weighted by Gasteiger charge is -2.23. The van der Waals surface area contributed by atoms with Crippen molar-refractivity contribution in [3.8, 4) is 5.75 Å². The van der Waals surface area contributed by atoms with E-state index >= 15 is 0 Å². The summed E-state index contributed by atoms with van der Waals surface area (Å²) >= 11 is 0. The molecule has 2 heterocycles. The molecule has 2 unspecified atom stereocenters. The molecule has 1 N–H and O–H groups in total. The maximum atomic E-state index is 12.2. The molecule has 30 heavy (non-hydrogen) atoms. The summed E-state index contributed by atoms with van der Waals surface area (Å²) in [6.07, 6.45) is 1.30. The SMILES string of the molecule is COc1ccc2cc(C(C)Nc3nccc(N4C(=O)OCC4C(C)C)n3)ccc2c1. The number of hydrogen-bond donors (Lipinski definition) is 1. The van der Waals surface area contributed by atoms with Crippen molar-refractivity contribution in [2.75, 3.05) is 23.9 Å². The van der Waals surface area contributed by atoms with Crippen molar-refractivity contribution in [1.82, 2.24) is 9.97 Å². The molecule has 0 aliphatic carbocycles. The number of hydrogen-bond acceptors (Lipinski definition) is 6. The van der Waals surface area contributed by atoms with E-state index in [9.17, 15) is 4.79 Å². The summed E-state index contributed by atoms with van der Waals surface area (Å²) in [4.78, 5) is 22.8. The van der Waals surface area contributed by atoms with E-state index in [2.05, 4.69) is 54.3 Å². The second-order valence-corrected chi connectivity index (χ2v) is 7.84. The van der Waals surface area contributed by atoms with Crippen molar-refractivity contribution in [2.24, 2.45) is 5.92 Å². The monoisotopic (exact) mass is 406 g/mol. The highest BCUT2D eigenvalue weighted by atomic mass is 16.6. The van der Waals surface area contributed by atoms with Crippen LogP contribution in [0.2, 0.25) is 0 Å². The molecule has 1 fully saturated rings. The van der Waals surface area contributed by atoms with Gasteiger partial charge in [-0.3, -0.25) is 4.90 Å². The number of carbonyl (C=O) groups is 1. The van der Waals surface area contributed by atoms with Gasteiger partial charge in [0.05, 0.1) is 19.2 Å². The summed E-state index contributed by atoms with van der Waals surface area (Å²) in [7, 11) is 1.67. The molecule has 2 atom stereocenters. The average molecular weight is 406 g/mol. The molecule has 1 aliphatic heterocycles. The highest BCUT2D eigenvalue weighted by molar-refractivity contribution is 5.89. The molecule has 0 spiro atoms. The van der Waals surface area contributed by atoms with Gasteiger partial charge in [-0.15, -0.1) is 0 Å². The molecule has 0 bridgehead atoms.